The van der Waals surface area contributed by atoms with Crippen molar-refractivity contribution in [3.63, 3.8) is 0 Å². The van der Waals surface area contributed by atoms with E-state index < -0.39 is 11.7 Å². The highest BCUT2D eigenvalue weighted by Gasteiger charge is 2.40. The molecule has 2 aromatic carbocycles. The Hall–Kier alpha value is -1.79. The SMILES string of the molecule is COc1ccc(NC(=O)C2(C)COC(c3ccc(Cl)cc3)OC2)cc1Cl. The van der Waals surface area contributed by atoms with Crippen LogP contribution in [0.3, 0.4) is 0 Å². The monoisotopic (exact) mass is 395 g/mol. The van der Waals surface area contributed by atoms with Crippen LogP contribution in [0.4, 0.5) is 5.69 Å². The van der Waals surface area contributed by atoms with Crippen molar-refractivity contribution < 1.29 is 19.0 Å². The van der Waals surface area contributed by atoms with Gasteiger partial charge in [0, 0.05) is 16.3 Å². The van der Waals surface area contributed by atoms with Gasteiger partial charge in [-0.05, 0) is 37.3 Å². The molecule has 1 saturated heterocycles. The largest absolute Gasteiger partial charge is 0.495 e. The van der Waals surface area contributed by atoms with Crippen LogP contribution in [-0.4, -0.2) is 26.2 Å². The van der Waals surface area contributed by atoms with E-state index in [1.54, 1.807) is 37.3 Å². The third kappa shape index (κ3) is 4.13. The zero-order valence-electron chi connectivity index (χ0n) is 14.4. The van der Waals surface area contributed by atoms with Crippen molar-refractivity contribution in [1.29, 1.82) is 0 Å². The highest BCUT2D eigenvalue weighted by atomic mass is 35.5. The molecule has 1 amide bonds. The number of ether oxygens (including phenoxy) is 3. The highest BCUT2D eigenvalue weighted by Crippen LogP contribution is 2.34. The smallest absolute Gasteiger partial charge is 0.234 e. The number of hydrogen-bond donors (Lipinski definition) is 1. The van der Waals surface area contributed by atoms with Crippen LogP contribution in [0, 0.1) is 5.41 Å². The summed E-state index contributed by atoms with van der Waals surface area (Å²) in [5.41, 5.74) is 0.635. The number of rotatable bonds is 4. The summed E-state index contributed by atoms with van der Waals surface area (Å²) in [5.74, 6) is 0.347. The molecule has 5 nitrogen and oxygen atoms in total. The Morgan fingerprint density at radius 1 is 1.15 bits per heavy atom. The predicted molar refractivity (Wildman–Crippen MR) is 101 cm³/mol. The van der Waals surface area contributed by atoms with Crippen molar-refractivity contribution in [3.8, 4) is 5.75 Å². The number of carbonyl (C=O) groups excluding carboxylic acids is 1. The van der Waals surface area contributed by atoms with Crippen LogP contribution in [0.15, 0.2) is 42.5 Å². The van der Waals surface area contributed by atoms with Gasteiger partial charge in [-0.25, -0.2) is 0 Å². The highest BCUT2D eigenvalue weighted by molar-refractivity contribution is 6.32. The molecule has 0 aromatic heterocycles. The molecule has 0 radical (unpaired) electrons. The van der Waals surface area contributed by atoms with Crippen LogP contribution in [0.1, 0.15) is 18.8 Å². The molecule has 1 aliphatic heterocycles. The molecular weight excluding hydrogens is 377 g/mol. The van der Waals surface area contributed by atoms with E-state index in [9.17, 15) is 4.79 Å². The Labute approximate surface area is 162 Å². The lowest BCUT2D eigenvalue weighted by Crippen LogP contribution is -2.45. The molecule has 1 heterocycles. The number of halogens is 2. The average Bonchev–Trinajstić information content (AvgIpc) is 2.63. The lowest BCUT2D eigenvalue weighted by Gasteiger charge is -2.36. The molecule has 1 fully saturated rings. The van der Waals surface area contributed by atoms with E-state index in [1.165, 1.54) is 7.11 Å². The molecule has 0 saturated carbocycles. The lowest BCUT2D eigenvalue weighted by molar-refractivity contribution is -0.226. The summed E-state index contributed by atoms with van der Waals surface area (Å²) in [6.45, 7) is 2.26. The van der Waals surface area contributed by atoms with Gasteiger partial charge in [0.25, 0.3) is 0 Å². The molecule has 3 rings (SSSR count). The molecule has 1 aliphatic rings. The van der Waals surface area contributed by atoms with E-state index in [0.29, 0.717) is 21.5 Å². The van der Waals surface area contributed by atoms with Gasteiger partial charge in [-0.15, -0.1) is 0 Å². The Morgan fingerprint density at radius 2 is 1.81 bits per heavy atom. The van der Waals surface area contributed by atoms with Gasteiger partial charge in [0.1, 0.15) is 5.75 Å². The Morgan fingerprint density at radius 3 is 2.38 bits per heavy atom. The first kappa shape index (κ1) is 19.0. The Kier molecular flexibility index (Phi) is 5.73. The number of nitrogens with one attached hydrogen (secondary N) is 1. The maximum Gasteiger partial charge on any atom is 0.234 e. The first-order valence-electron chi connectivity index (χ1n) is 8.05. The summed E-state index contributed by atoms with van der Waals surface area (Å²) in [5, 5.41) is 3.92. The summed E-state index contributed by atoms with van der Waals surface area (Å²) in [6, 6.07) is 12.3. The summed E-state index contributed by atoms with van der Waals surface area (Å²) in [6.07, 6.45) is -0.511. The topological polar surface area (TPSA) is 56.8 Å². The summed E-state index contributed by atoms with van der Waals surface area (Å²) >= 11 is 12.0. The standard InChI is InChI=1S/C19H19Cl2NO4/c1-19(18(23)22-14-7-8-16(24-2)15(21)9-14)10-25-17(26-11-19)12-3-5-13(20)6-4-12/h3-9,17H,10-11H2,1-2H3,(H,22,23). The molecule has 7 heteroatoms. The lowest BCUT2D eigenvalue weighted by atomic mass is 9.90. The van der Waals surface area contributed by atoms with Gasteiger partial charge in [-0.1, -0.05) is 35.3 Å². The zero-order valence-corrected chi connectivity index (χ0v) is 15.9. The van der Waals surface area contributed by atoms with Crippen molar-refractivity contribution in [2.45, 2.75) is 13.2 Å². The minimum Gasteiger partial charge on any atom is -0.495 e. The van der Waals surface area contributed by atoms with E-state index in [-0.39, 0.29) is 19.1 Å². The van der Waals surface area contributed by atoms with Crippen LogP contribution in [0.5, 0.6) is 5.75 Å². The molecule has 0 atom stereocenters. The fourth-order valence-electron chi connectivity index (χ4n) is 2.58. The number of carbonyl (C=O) groups is 1. The summed E-state index contributed by atoms with van der Waals surface area (Å²) in [7, 11) is 1.54. The van der Waals surface area contributed by atoms with Crippen LogP contribution in [0.2, 0.25) is 10.0 Å². The van der Waals surface area contributed by atoms with Crippen molar-refractivity contribution in [3.05, 3.63) is 58.1 Å². The summed E-state index contributed by atoms with van der Waals surface area (Å²) < 4.78 is 16.6. The Balaban J connectivity index is 1.63. The second-order valence-corrected chi connectivity index (χ2v) is 7.21. The number of amides is 1. The first-order valence-corrected chi connectivity index (χ1v) is 8.80. The maximum atomic E-state index is 12.7. The number of anilines is 1. The van der Waals surface area contributed by atoms with Crippen LogP contribution < -0.4 is 10.1 Å². The maximum absolute atomic E-state index is 12.7. The van der Waals surface area contributed by atoms with Crippen LogP contribution >= 0.6 is 23.2 Å². The second-order valence-electron chi connectivity index (χ2n) is 6.37. The minimum atomic E-state index is -0.810. The number of benzene rings is 2. The zero-order chi connectivity index (χ0) is 18.7. The van der Waals surface area contributed by atoms with E-state index in [4.69, 9.17) is 37.4 Å². The number of methoxy groups -OCH3 is 1. The van der Waals surface area contributed by atoms with Gasteiger partial charge in [0.15, 0.2) is 6.29 Å². The van der Waals surface area contributed by atoms with Crippen molar-refractivity contribution in [2.24, 2.45) is 5.41 Å². The number of hydrogen-bond acceptors (Lipinski definition) is 4. The van der Waals surface area contributed by atoms with E-state index >= 15 is 0 Å². The van der Waals surface area contributed by atoms with Crippen molar-refractivity contribution >= 4 is 34.8 Å². The molecule has 1 N–H and O–H groups in total. The van der Waals surface area contributed by atoms with Gasteiger partial charge in [0.05, 0.1) is 30.8 Å². The molecular formula is C19H19Cl2NO4. The van der Waals surface area contributed by atoms with Gasteiger partial charge >= 0.3 is 0 Å². The fourth-order valence-corrected chi connectivity index (χ4v) is 2.96. The molecule has 0 bridgehead atoms. The quantitative estimate of drug-likeness (QED) is 0.815. The van der Waals surface area contributed by atoms with Crippen molar-refractivity contribution in [2.75, 3.05) is 25.6 Å². The fraction of sp³-hybridized carbons (Fsp3) is 0.316. The molecule has 0 unspecified atom stereocenters. The average molecular weight is 396 g/mol. The molecule has 26 heavy (non-hydrogen) atoms. The normalized spacial score (nSPS) is 22.7. The molecule has 2 aromatic rings. The first-order chi connectivity index (χ1) is 12.4. The molecule has 0 spiro atoms. The van der Waals surface area contributed by atoms with Gasteiger partial charge in [-0.3, -0.25) is 4.79 Å². The van der Waals surface area contributed by atoms with Gasteiger partial charge in [-0.2, -0.15) is 0 Å². The van der Waals surface area contributed by atoms with Gasteiger partial charge in [0.2, 0.25) is 5.91 Å². The minimum absolute atomic E-state index is 0.201. The second kappa shape index (κ2) is 7.84. The Bertz CT molecular complexity index is 787. The van der Waals surface area contributed by atoms with Crippen molar-refractivity contribution in [1.82, 2.24) is 0 Å². The van der Waals surface area contributed by atoms with E-state index in [2.05, 4.69) is 5.32 Å². The van der Waals surface area contributed by atoms with Crippen LogP contribution in [0.25, 0.3) is 0 Å². The predicted octanol–water partition coefficient (Wildman–Crippen LogP) is 4.69. The summed E-state index contributed by atoms with van der Waals surface area (Å²) in [4.78, 5) is 12.7. The third-order valence-electron chi connectivity index (χ3n) is 4.21. The van der Waals surface area contributed by atoms with Gasteiger partial charge < -0.3 is 19.5 Å². The molecule has 0 aliphatic carbocycles. The molecule has 138 valence electrons. The van der Waals surface area contributed by atoms with E-state index in [1.807, 2.05) is 12.1 Å². The van der Waals surface area contributed by atoms with E-state index in [0.717, 1.165) is 5.56 Å². The third-order valence-corrected chi connectivity index (χ3v) is 4.75. The van der Waals surface area contributed by atoms with Crippen LogP contribution in [-0.2, 0) is 14.3 Å².